The fraction of sp³-hybridized carbons (Fsp3) is 0.222. The number of nitrogens with zero attached hydrogens (tertiary/aromatic N) is 2. The lowest BCUT2D eigenvalue weighted by Gasteiger charge is -2.12. The Labute approximate surface area is 160 Å². The van der Waals surface area contributed by atoms with Crippen LogP contribution in [0.2, 0.25) is 0 Å². The molecule has 2 N–H and O–H groups in total. The van der Waals surface area contributed by atoms with E-state index < -0.39 is 10.0 Å². The Kier molecular flexibility index (Phi) is 6.84. The summed E-state index contributed by atoms with van der Waals surface area (Å²) in [7, 11) is -0.425. The van der Waals surface area contributed by atoms with Gasteiger partial charge in [-0.3, -0.25) is 5.43 Å². The van der Waals surface area contributed by atoms with Crippen molar-refractivity contribution in [2.75, 3.05) is 14.1 Å². The average Bonchev–Trinajstić information content (AvgIpc) is 2.65. The molecule has 0 bridgehead atoms. The second-order valence-electron chi connectivity index (χ2n) is 5.79. The van der Waals surface area contributed by atoms with E-state index in [1.165, 1.54) is 18.4 Å². The van der Waals surface area contributed by atoms with Crippen LogP contribution in [-0.4, -0.2) is 37.6 Å². The predicted molar refractivity (Wildman–Crippen MR) is 109 cm³/mol. The molecule has 0 saturated heterocycles. The Morgan fingerprint density at radius 1 is 1.08 bits per heavy atom. The Balaban J connectivity index is 1.95. The van der Waals surface area contributed by atoms with Crippen LogP contribution in [-0.2, 0) is 16.6 Å². The van der Waals surface area contributed by atoms with Gasteiger partial charge < -0.3 is 5.32 Å². The van der Waals surface area contributed by atoms with Crippen LogP contribution in [0.25, 0.3) is 0 Å². The molecule has 0 spiro atoms. The molecule has 0 atom stereocenters. The second-order valence-corrected chi connectivity index (χ2v) is 8.35. The second kappa shape index (κ2) is 8.88. The van der Waals surface area contributed by atoms with Gasteiger partial charge in [-0.05, 0) is 42.4 Å². The first kappa shape index (κ1) is 20.0. The van der Waals surface area contributed by atoms with Crippen molar-refractivity contribution in [2.45, 2.75) is 18.4 Å². The lowest BCUT2D eigenvalue weighted by molar-refractivity contribution is 0.521. The van der Waals surface area contributed by atoms with E-state index in [1.807, 2.05) is 37.3 Å². The Morgan fingerprint density at radius 2 is 1.69 bits per heavy atom. The van der Waals surface area contributed by atoms with E-state index in [9.17, 15) is 8.42 Å². The first-order valence-electron chi connectivity index (χ1n) is 7.95. The Morgan fingerprint density at radius 3 is 2.27 bits per heavy atom. The lowest BCUT2D eigenvalue weighted by Crippen LogP contribution is -2.32. The van der Waals surface area contributed by atoms with Crippen LogP contribution in [0.1, 0.15) is 18.1 Å². The number of hydrazone groups is 1. The Bertz CT molecular complexity index is 877. The number of nitrogens with one attached hydrogen (secondary N) is 2. The molecule has 2 aromatic rings. The van der Waals surface area contributed by atoms with E-state index in [1.54, 1.807) is 24.3 Å². The summed E-state index contributed by atoms with van der Waals surface area (Å²) in [5, 5.41) is 7.73. The molecule has 2 aromatic carbocycles. The van der Waals surface area contributed by atoms with Crippen molar-refractivity contribution >= 4 is 33.1 Å². The van der Waals surface area contributed by atoms with Gasteiger partial charge in [0.05, 0.1) is 10.6 Å². The van der Waals surface area contributed by atoms with Crippen molar-refractivity contribution in [3.63, 3.8) is 0 Å². The first-order valence-corrected chi connectivity index (χ1v) is 9.80. The molecule has 0 fully saturated rings. The molecule has 0 radical (unpaired) electrons. The molecule has 0 aliphatic rings. The van der Waals surface area contributed by atoms with Crippen LogP contribution in [0.3, 0.4) is 0 Å². The van der Waals surface area contributed by atoms with Crippen molar-refractivity contribution in [3.05, 3.63) is 65.7 Å². The number of benzene rings is 2. The largest absolute Gasteiger partial charge is 0.357 e. The van der Waals surface area contributed by atoms with E-state index in [0.29, 0.717) is 17.4 Å². The molecule has 8 heteroatoms. The van der Waals surface area contributed by atoms with Gasteiger partial charge in [-0.15, -0.1) is 0 Å². The minimum Gasteiger partial charge on any atom is -0.357 e. The number of rotatable bonds is 6. The maximum atomic E-state index is 12.1. The lowest BCUT2D eigenvalue weighted by atomic mass is 10.1. The SMILES string of the molecule is C/C(=N\NC(=S)NCc1ccccc1)c1ccc(S(=O)(=O)N(C)C)cc1. The van der Waals surface area contributed by atoms with Gasteiger partial charge in [0.25, 0.3) is 0 Å². The normalized spacial score (nSPS) is 12.1. The molecule has 26 heavy (non-hydrogen) atoms. The molecule has 0 aliphatic heterocycles. The molecule has 0 heterocycles. The molecule has 2 rings (SSSR count). The van der Waals surface area contributed by atoms with Crippen LogP contribution < -0.4 is 10.7 Å². The van der Waals surface area contributed by atoms with E-state index in [4.69, 9.17) is 12.2 Å². The molecule has 0 saturated carbocycles. The summed E-state index contributed by atoms with van der Waals surface area (Å²) in [6.07, 6.45) is 0. The molecular weight excluding hydrogens is 368 g/mol. The van der Waals surface area contributed by atoms with E-state index in [-0.39, 0.29) is 4.90 Å². The van der Waals surface area contributed by atoms with Gasteiger partial charge in [0, 0.05) is 20.6 Å². The molecule has 138 valence electrons. The number of thiocarbonyl (C=S) groups is 1. The number of sulfonamides is 1. The minimum absolute atomic E-state index is 0.243. The first-order chi connectivity index (χ1) is 12.3. The Hall–Kier alpha value is -2.29. The van der Waals surface area contributed by atoms with Crippen LogP contribution >= 0.6 is 12.2 Å². The van der Waals surface area contributed by atoms with Gasteiger partial charge in [-0.25, -0.2) is 12.7 Å². The summed E-state index contributed by atoms with van der Waals surface area (Å²) < 4.78 is 25.3. The zero-order valence-corrected chi connectivity index (χ0v) is 16.6. The van der Waals surface area contributed by atoms with Gasteiger partial charge in [-0.1, -0.05) is 42.5 Å². The summed E-state index contributed by atoms with van der Waals surface area (Å²) in [5.41, 5.74) is 5.42. The quantitative estimate of drug-likeness (QED) is 0.450. The zero-order valence-electron chi connectivity index (χ0n) is 14.9. The van der Waals surface area contributed by atoms with Crippen molar-refractivity contribution < 1.29 is 8.42 Å². The van der Waals surface area contributed by atoms with Gasteiger partial charge >= 0.3 is 0 Å². The van der Waals surface area contributed by atoms with Gasteiger partial charge in [0.2, 0.25) is 10.0 Å². The maximum absolute atomic E-state index is 12.1. The topological polar surface area (TPSA) is 73.8 Å². The van der Waals surface area contributed by atoms with Crippen LogP contribution in [0.4, 0.5) is 0 Å². The third kappa shape index (κ3) is 5.35. The monoisotopic (exact) mass is 390 g/mol. The summed E-state index contributed by atoms with van der Waals surface area (Å²) >= 11 is 5.21. The third-order valence-electron chi connectivity index (χ3n) is 3.67. The highest BCUT2D eigenvalue weighted by Crippen LogP contribution is 2.14. The summed E-state index contributed by atoms with van der Waals surface area (Å²) in [4.78, 5) is 0.243. The smallest absolute Gasteiger partial charge is 0.242 e. The minimum atomic E-state index is -3.43. The zero-order chi connectivity index (χ0) is 19.2. The van der Waals surface area contributed by atoms with Gasteiger partial charge in [0.15, 0.2) is 5.11 Å². The van der Waals surface area contributed by atoms with E-state index in [0.717, 1.165) is 11.1 Å². The molecule has 0 aromatic heterocycles. The predicted octanol–water partition coefficient (Wildman–Crippen LogP) is 2.33. The van der Waals surface area contributed by atoms with Gasteiger partial charge in [-0.2, -0.15) is 5.10 Å². The highest BCUT2D eigenvalue weighted by molar-refractivity contribution is 7.89. The highest BCUT2D eigenvalue weighted by Gasteiger charge is 2.16. The van der Waals surface area contributed by atoms with Crippen molar-refractivity contribution in [3.8, 4) is 0 Å². The summed E-state index contributed by atoms with van der Waals surface area (Å²) in [6.45, 7) is 2.43. The standard InChI is InChI=1S/C18H22N4O2S2/c1-14(16-9-11-17(12-10-16)26(23,24)22(2)3)20-21-18(25)19-13-15-7-5-4-6-8-15/h4-12H,13H2,1-3H3,(H2,19,21,25)/b20-14+. The van der Waals surface area contributed by atoms with Crippen molar-refractivity contribution in [1.82, 2.24) is 15.0 Å². The molecular formula is C18H22N4O2S2. The fourth-order valence-corrected chi connectivity index (χ4v) is 3.12. The molecule has 0 amide bonds. The van der Waals surface area contributed by atoms with Crippen LogP contribution in [0, 0.1) is 0 Å². The average molecular weight is 391 g/mol. The van der Waals surface area contributed by atoms with Gasteiger partial charge in [0.1, 0.15) is 0 Å². The fourth-order valence-electron chi connectivity index (χ4n) is 2.10. The highest BCUT2D eigenvalue weighted by atomic mass is 32.2. The number of hydrogen-bond donors (Lipinski definition) is 2. The molecule has 6 nitrogen and oxygen atoms in total. The third-order valence-corrected chi connectivity index (χ3v) is 5.74. The van der Waals surface area contributed by atoms with Crippen molar-refractivity contribution in [2.24, 2.45) is 5.10 Å². The van der Waals surface area contributed by atoms with Crippen molar-refractivity contribution in [1.29, 1.82) is 0 Å². The van der Waals surface area contributed by atoms with Crippen LogP contribution in [0.5, 0.6) is 0 Å². The summed E-state index contributed by atoms with van der Waals surface area (Å²) in [6, 6.07) is 16.5. The van der Waals surface area contributed by atoms with E-state index >= 15 is 0 Å². The van der Waals surface area contributed by atoms with E-state index in [2.05, 4.69) is 15.8 Å². The number of hydrogen-bond acceptors (Lipinski definition) is 4. The molecule has 0 aliphatic carbocycles. The summed E-state index contributed by atoms with van der Waals surface area (Å²) in [5.74, 6) is 0. The van der Waals surface area contributed by atoms with Crippen LogP contribution in [0.15, 0.2) is 64.6 Å². The maximum Gasteiger partial charge on any atom is 0.242 e. The molecule has 0 unspecified atom stereocenters.